The Hall–Kier alpha value is -1.30. The van der Waals surface area contributed by atoms with Crippen molar-refractivity contribution in [2.45, 2.75) is 33.3 Å². The Kier molecular flexibility index (Phi) is 7.35. The van der Waals surface area contributed by atoms with E-state index in [9.17, 15) is 9.59 Å². The van der Waals surface area contributed by atoms with Gasteiger partial charge in [-0.1, -0.05) is 0 Å². The van der Waals surface area contributed by atoms with E-state index in [-0.39, 0.29) is 13.2 Å². The number of nitrogens with zero attached hydrogens (tertiary/aromatic N) is 1. The Morgan fingerprint density at radius 3 is 2.33 bits per heavy atom. The molecule has 0 heterocycles. The predicted octanol–water partition coefficient (Wildman–Crippen LogP) is 1.43. The van der Waals surface area contributed by atoms with E-state index in [0.717, 1.165) is 0 Å². The molecule has 0 aliphatic carbocycles. The van der Waals surface area contributed by atoms with Crippen LogP contribution >= 0.6 is 0 Å². The summed E-state index contributed by atoms with van der Waals surface area (Å²) in [5, 5.41) is 0. The summed E-state index contributed by atoms with van der Waals surface area (Å²) in [6.45, 7) is 7.98. The van der Waals surface area contributed by atoms with Gasteiger partial charge >= 0.3 is 12.1 Å². The number of hydrogen-bond acceptors (Lipinski definition) is 5. The number of rotatable bonds is 6. The van der Waals surface area contributed by atoms with E-state index in [1.54, 1.807) is 34.7 Å². The highest BCUT2D eigenvalue weighted by molar-refractivity contribution is 5.70. The van der Waals surface area contributed by atoms with Crippen LogP contribution < -0.4 is 0 Å². The summed E-state index contributed by atoms with van der Waals surface area (Å²) < 4.78 is 14.9. The van der Waals surface area contributed by atoms with Crippen LogP contribution in [0.1, 0.15) is 27.7 Å². The van der Waals surface area contributed by atoms with Gasteiger partial charge in [0, 0.05) is 13.6 Å². The third-order valence-electron chi connectivity index (χ3n) is 1.80. The first-order chi connectivity index (χ1) is 8.26. The normalized spacial score (nSPS) is 10.9. The predicted molar refractivity (Wildman–Crippen MR) is 66.3 cm³/mol. The molecule has 0 aromatic rings. The molecule has 1 amide bonds. The zero-order chi connectivity index (χ0) is 14.2. The van der Waals surface area contributed by atoms with Crippen LogP contribution in [0.4, 0.5) is 4.79 Å². The van der Waals surface area contributed by atoms with Gasteiger partial charge < -0.3 is 19.1 Å². The first-order valence-electron chi connectivity index (χ1n) is 5.93. The molecule has 0 saturated carbocycles. The van der Waals surface area contributed by atoms with E-state index >= 15 is 0 Å². The molecule has 0 bridgehead atoms. The quantitative estimate of drug-likeness (QED) is 0.534. The van der Waals surface area contributed by atoms with Crippen molar-refractivity contribution in [3.8, 4) is 0 Å². The van der Waals surface area contributed by atoms with Gasteiger partial charge in [0.2, 0.25) is 0 Å². The van der Waals surface area contributed by atoms with Gasteiger partial charge in [-0.25, -0.2) is 9.59 Å². The van der Waals surface area contributed by atoms with Gasteiger partial charge in [-0.3, -0.25) is 0 Å². The fraction of sp³-hybridized carbons (Fsp3) is 0.833. The fourth-order valence-corrected chi connectivity index (χ4v) is 0.991. The lowest BCUT2D eigenvalue weighted by Crippen LogP contribution is -2.36. The van der Waals surface area contributed by atoms with Gasteiger partial charge in [-0.05, 0) is 27.7 Å². The molecule has 18 heavy (non-hydrogen) atoms. The molecule has 106 valence electrons. The molecule has 6 heteroatoms. The van der Waals surface area contributed by atoms with Crippen molar-refractivity contribution in [3.05, 3.63) is 0 Å². The number of esters is 1. The van der Waals surface area contributed by atoms with E-state index < -0.39 is 17.7 Å². The van der Waals surface area contributed by atoms with Crippen molar-refractivity contribution in [3.63, 3.8) is 0 Å². The van der Waals surface area contributed by atoms with Crippen LogP contribution in [0.2, 0.25) is 0 Å². The lowest BCUT2D eigenvalue weighted by molar-refractivity contribution is -0.148. The minimum atomic E-state index is -0.517. The summed E-state index contributed by atoms with van der Waals surface area (Å²) >= 11 is 0. The average Bonchev–Trinajstić information content (AvgIpc) is 2.22. The molecule has 0 spiro atoms. The Balaban J connectivity index is 3.74. The van der Waals surface area contributed by atoms with Crippen LogP contribution in [-0.4, -0.2) is 56.0 Å². The van der Waals surface area contributed by atoms with Crippen LogP contribution in [0.5, 0.6) is 0 Å². The second-order valence-electron chi connectivity index (χ2n) is 4.76. The first-order valence-corrected chi connectivity index (χ1v) is 5.93. The zero-order valence-corrected chi connectivity index (χ0v) is 11.8. The molecule has 0 aliphatic heterocycles. The summed E-state index contributed by atoms with van der Waals surface area (Å²) in [5.41, 5.74) is -0.517. The highest BCUT2D eigenvalue weighted by Crippen LogP contribution is 2.08. The number of carbonyl (C=O) groups excluding carboxylic acids is 2. The number of likely N-dealkylation sites (N-methyl/N-ethyl adjacent to an activating group) is 1. The SMILES string of the molecule is CCOC(=O)COCCN(C)C(=O)OC(C)(C)C. The van der Waals surface area contributed by atoms with Crippen LogP contribution in [0, 0.1) is 0 Å². The summed E-state index contributed by atoms with van der Waals surface area (Å²) in [6.07, 6.45) is -0.415. The molecule has 0 saturated heterocycles. The number of carbonyl (C=O) groups is 2. The minimum Gasteiger partial charge on any atom is -0.464 e. The van der Waals surface area contributed by atoms with E-state index in [1.165, 1.54) is 4.90 Å². The average molecular weight is 261 g/mol. The molecular formula is C12H23NO5. The maximum absolute atomic E-state index is 11.5. The van der Waals surface area contributed by atoms with Crippen molar-refractivity contribution >= 4 is 12.1 Å². The van der Waals surface area contributed by atoms with Crippen molar-refractivity contribution in [2.75, 3.05) is 33.4 Å². The smallest absolute Gasteiger partial charge is 0.410 e. The van der Waals surface area contributed by atoms with Gasteiger partial charge in [-0.2, -0.15) is 0 Å². The highest BCUT2D eigenvalue weighted by atomic mass is 16.6. The molecule has 0 atom stereocenters. The second-order valence-corrected chi connectivity index (χ2v) is 4.76. The van der Waals surface area contributed by atoms with Gasteiger partial charge in [0.25, 0.3) is 0 Å². The summed E-state index contributed by atoms with van der Waals surface area (Å²) in [5.74, 6) is -0.405. The first kappa shape index (κ1) is 16.7. The third kappa shape index (κ3) is 8.81. The number of amides is 1. The van der Waals surface area contributed by atoms with E-state index in [1.807, 2.05) is 0 Å². The maximum Gasteiger partial charge on any atom is 0.410 e. The van der Waals surface area contributed by atoms with Gasteiger partial charge in [-0.15, -0.1) is 0 Å². The Bertz CT molecular complexity index is 272. The molecule has 0 fully saturated rings. The monoisotopic (exact) mass is 261 g/mol. The fourth-order valence-electron chi connectivity index (χ4n) is 0.991. The number of ether oxygens (including phenoxy) is 3. The van der Waals surface area contributed by atoms with Crippen LogP contribution in [0.15, 0.2) is 0 Å². The molecule has 6 nitrogen and oxygen atoms in total. The van der Waals surface area contributed by atoms with Crippen molar-refractivity contribution < 1.29 is 23.8 Å². The van der Waals surface area contributed by atoms with Crippen LogP contribution in [0.3, 0.4) is 0 Å². The van der Waals surface area contributed by atoms with Crippen molar-refractivity contribution in [1.82, 2.24) is 4.90 Å². The molecule has 0 aromatic heterocycles. The summed E-state index contributed by atoms with van der Waals surface area (Å²) in [7, 11) is 1.61. The largest absolute Gasteiger partial charge is 0.464 e. The van der Waals surface area contributed by atoms with Crippen molar-refractivity contribution in [1.29, 1.82) is 0 Å². The minimum absolute atomic E-state index is 0.101. The Morgan fingerprint density at radius 2 is 1.83 bits per heavy atom. The van der Waals surface area contributed by atoms with Crippen LogP contribution in [-0.2, 0) is 19.0 Å². The highest BCUT2D eigenvalue weighted by Gasteiger charge is 2.19. The second kappa shape index (κ2) is 7.92. The van der Waals surface area contributed by atoms with Gasteiger partial charge in [0.1, 0.15) is 12.2 Å². The third-order valence-corrected chi connectivity index (χ3v) is 1.80. The Morgan fingerprint density at radius 1 is 1.22 bits per heavy atom. The standard InChI is InChI=1S/C12H23NO5/c1-6-17-10(14)9-16-8-7-13(5)11(15)18-12(2,3)4/h6-9H2,1-5H3. The topological polar surface area (TPSA) is 65.1 Å². The van der Waals surface area contributed by atoms with Gasteiger partial charge in [0.05, 0.1) is 13.2 Å². The molecule has 0 rings (SSSR count). The molecule has 0 radical (unpaired) electrons. The van der Waals surface area contributed by atoms with E-state index in [2.05, 4.69) is 0 Å². The lowest BCUT2D eigenvalue weighted by atomic mass is 10.2. The van der Waals surface area contributed by atoms with E-state index in [0.29, 0.717) is 13.2 Å². The molecule has 0 N–H and O–H groups in total. The zero-order valence-electron chi connectivity index (χ0n) is 11.8. The summed E-state index contributed by atoms with van der Waals surface area (Å²) in [4.78, 5) is 23.9. The number of hydrogen-bond donors (Lipinski definition) is 0. The summed E-state index contributed by atoms with van der Waals surface area (Å²) in [6, 6.07) is 0. The molecule has 0 unspecified atom stereocenters. The molecule has 0 aliphatic rings. The lowest BCUT2D eigenvalue weighted by Gasteiger charge is -2.24. The Labute approximate surface area is 108 Å². The maximum atomic E-state index is 11.5. The van der Waals surface area contributed by atoms with Crippen LogP contribution in [0.25, 0.3) is 0 Å². The molecule has 0 aromatic carbocycles. The molecular weight excluding hydrogens is 238 g/mol. The van der Waals surface area contributed by atoms with E-state index in [4.69, 9.17) is 14.2 Å². The van der Waals surface area contributed by atoms with Crippen molar-refractivity contribution in [2.24, 2.45) is 0 Å². The van der Waals surface area contributed by atoms with Gasteiger partial charge in [0.15, 0.2) is 0 Å².